The third-order valence-corrected chi connectivity index (χ3v) is 2.53. The number of carbonyl (C=O) groups is 1. The summed E-state index contributed by atoms with van der Waals surface area (Å²) in [5, 5.41) is 9.46. The van der Waals surface area contributed by atoms with Gasteiger partial charge in [0.2, 0.25) is 0 Å². The first-order valence-electron chi connectivity index (χ1n) is 6.59. The van der Waals surface area contributed by atoms with E-state index in [1.165, 1.54) is 0 Å². The molecule has 4 heteroatoms. The van der Waals surface area contributed by atoms with Gasteiger partial charge in [0.15, 0.2) is 0 Å². The molecular weight excluding hydrogens is 226 g/mol. The second-order valence-electron chi connectivity index (χ2n) is 4.12. The quantitative estimate of drug-likeness (QED) is 0.572. The molecular formula is C14H23N3O. The van der Waals surface area contributed by atoms with Crippen LogP contribution in [0.5, 0.6) is 0 Å². The minimum Gasteiger partial charge on any atom is -0.351 e. The molecule has 18 heavy (non-hydrogen) atoms. The van der Waals surface area contributed by atoms with Crippen LogP contribution in [-0.2, 0) is 0 Å². The number of carbonyl (C=O) groups excluding carboxylic acids is 1. The third-order valence-electron chi connectivity index (χ3n) is 2.53. The minimum absolute atomic E-state index is 0.0125. The van der Waals surface area contributed by atoms with Crippen molar-refractivity contribution in [1.82, 2.24) is 16.0 Å². The number of benzene rings is 1. The molecule has 0 fully saturated rings. The Morgan fingerprint density at radius 2 is 1.56 bits per heavy atom. The van der Waals surface area contributed by atoms with E-state index < -0.39 is 0 Å². The maximum Gasteiger partial charge on any atom is 0.251 e. The van der Waals surface area contributed by atoms with Crippen molar-refractivity contribution in [2.24, 2.45) is 0 Å². The fraction of sp³-hybridized carbons (Fsp3) is 0.500. The van der Waals surface area contributed by atoms with Gasteiger partial charge in [-0.1, -0.05) is 25.1 Å². The van der Waals surface area contributed by atoms with E-state index in [1.54, 1.807) is 0 Å². The van der Waals surface area contributed by atoms with Crippen LogP contribution in [0.15, 0.2) is 30.3 Å². The fourth-order valence-corrected chi connectivity index (χ4v) is 1.56. The lowest BCUT2D eigenvalue weighted by molar-refractivity contribution is 0.0954. The molecule has 0 atom stereocenters. The molecule has 0 aliphatic carbocycles. The Balaban J connectivity index is 2.00. The zero-order valence-electron chi connectivity index (χ0n) is 11.0. The van der Waals surface area contributed by atoms with Gasteiger partial charge in [0.05, 0.1) is 0 Å². The van der Waals surface area contributed by atoms with Crippen LogP contribution in [0, 0.1) is 0 Å². The summed E-state index contributed by atoms with van der Waals surface area (Å²) in [6.07, 6.45) is 1.16. The molecule has 0 spiro atoms. The SMILES string of the molecule is CCCNCCNCCNC(=O)c1ccccc1. The van der Waals surface area contributed by atoms with Crippen molar-refractivity contribution in [1.29, 1.82) is 0 Å². The van der Waals surface area contributed by atoms with Gasteiger partial charge >= 0.3 is 0 Å². The second kappa shape index (κ2) is 9.62. The van der Waals surface area contributed by atoms with Gasteiger partial charge in [0, 0.05) is 31.7 Å². The molecule has 4 nitrogen and oxygen atoms in total. The largest absolute Gasteiger partial charge is 0.351 e. The van der Waals surface area contributed by atoms with Gasteiger partial charge < -0.3 is 16.0 Å². The first-order chi connectivity index (χ1) is 8.84. The summed E-state index contributed by atoms with van der Waals surface area (Å²) >= 11 is 0. The molecule has 0 aromatic heterocycles. The Bertz CT molecular complexity index is 327. The van der Waals surface area contributed by atoms with E-state index in [2.05, 4.69) is 22.9 Å². The molecule has 0 heterocycles. The average molecular weight is 249 g/mol. The summed E-state index contributed by atoms with van der Waals surface area (Å²) in [4.78, 5) is 11.7. The second-order valence-corrected chi connectivity index (χ2v) is 4.12. The molecule has 0 aliphatic rings. The summed E-state index contributed by atoms with van der Waals surface area (Å²) < 4.78 is 0. The zero-order chi connectivity index (χ0) is 13.1. The van der Waals surface area contributed by atoms with Crippen molar-refractivity contribution in [2.45, 2.75) is 13.3 Å². The Hall–Kier alpha value is -1.39. The van der Waals surface area contributed by atoms with Gasteiger partial charge in [-0.05, 0) is 25.1 Å². The molecule has 0 saturated carbocycles. The molecule has 0 bridgehead atoms. The molecule has 0 saturated heterocycles. The van der Waals surface area contributed by atoms with E-state index in [0.717, 1.165) is 32.6 Å². The number of rotatable bonds is 9. The van der Waals surface area contributed by atoms with E-state index in [1.807, 2.05) is 30.3 Å². The van der Waals surface area contributed by atoms with Gasteiger partial charge in [-0.3, -0.25) is 4.79 Å². The standard InChI is InChI=1S/C14H23N3O/c1-2-8-15-9-10-16-11-12-17-14(18)13-6-4-3-5-7-13/h3-7,15-16H,2,8-12H2,1H3,(H,17,18). The molecule has 1 amide bonds. The highest BCUT2D eigenvalue weighted by Gasteiger charge is 2.01. The molecule has 0 radical (unpaired) electrons. The van der Waals surface area contributed by atoms with Crippen LogP contribution in [0.4, 0.5) is 0 Å². The van der Waals surface area contributed by atoms with Crippen molar-refractivity contribution in [3.63, 3.8) is 0 Å². The predicted octanol–water partition coefficient (Wildman–Crippen LogP) is 1.01. The Kier molecular flexibility index (Phi) is 7.84. The van der Waals surface area contributed by atoms with Crippen LogP contribution in [0.2, 0.25) is 0 Å². The molecule has 0 aliphatic heterocycles. The summed E-state index contributed by atoms with van der Waals surface area (Å²) in [6, 6.07) is 9.27. The van der Waals surface area contributed by atoms with E-state index >= 15 is 0 Å². The third kappa shape index (κ3) is 6.37. The molecule has 1 rings (SSSR count). The van der Waals surface area contributed by atoms with Gasteiger partial charge in [-0.2, -0.15) is 0 Å². The minimum atomic E-state index is -0.0125. The van der Waals surface area contributed by atoms with Gasteiger partial charge in [-0.15, -0.1) is 0 Å². The van der Waals surface area contributed by atoms with Crippen molar-refractivity contribution in [2.75, 3.05) is 32.7 Å². The van der Waals surface area contributed by atoms with E-state index in [4.69, 9.17) is 0 Å². The number of amides is 1. The van der Waals surface area contributed by atoms with Crippen molar-refractivity contribution >= 4 is 5.91 Å². The Labute approximate surface area is 109 Å². The molecule has 1 aromatic carbocycles. The van der Waals surface area contributed by atoms with Crippen LogP contribution in [-0.4, -0.2) is 38.6 Å². The monoisotopic (exact) mass is 249 g/mol. The highest BCUT2D eigenvalue weighted by molar-refractivity contribution is 5.94. The topological polar surface area (TPSA) is 53.2 Å². The van der Waals surface area contributed by atoms with Gasteiger partial charge in [0.25, 0.3) is 5.91 Å². The maximum absolute atomic E-state index is 11.7. The average Bonchev–Trinajstić information content (AvgIpc) is 2.42. The van der Waals surface area contributed by atoms with E-state index in [0.29, 0.717) is 12.1 Å². The summed E-state index contributed by atoms with van der Waals surface area (Å²) in [5.74, 6) is -0.0125. The predicted molar refractivity (Wildman–Crippen MR) is 74.8 cm³/mol. The highest BCUT2D eigenvalue weighted by atomic mass is 16.1. The summed E-state index contributed by atoms with van der Waals surface area (Å²) in [6.45, 7) is 6.57. The Morgan fingerprint density at radius 1 is 0.944 bits per heavy atom. The normalized spacial score (nSPS) is 10.3. The Morgan fingerprint density at radius 3 is 2.22 bits per heavy atom. The van der Waals surface area contributed by atoms with E-state index in [9.17, 15) is 4.79 Å². The maximum atomic E-state index is 11.7. The molecule has 0 unspecified atom stereocenters. The molecule has 100 valence electrons. The summed E-state index contributed by atoms with van der Waals surface area (Å²) in [5.41, 5.74) is 0.710. The van der Waals surface area contributed by atoms with Crippen molar-refractivity contribution in [3.8, 4) is 0 Å². The molecule has 1 aromatic rings. The smallest absolute Gasteiger partial charge is 0.251 e. The number of hydrogen-bond acceptors (Lipinski definition) is 3. The lowest BCUT2D eigenvalue weighted by Gasteiger charge is -2.07. The number of hydrogen-bond donors (Lipinski definition) is 3. The molecule has 3 N–H and O–H groups in total. The number of nitrogens with one attached hydrogen (secondary N) is 3. The van der Waals surface area contributed by atoms with E-state index in [-0.39, 0.29) is 5.91 Å². The van der Waals surface area contributed by atoms with Crippen LogP contribution in [0.1, 0.15) is 23.7 Å². The zero-order valence-corrected chi connectivity index (χ0v) is 11.0. The van der Waals surface area contributed by atoms with Gasteiger partial charge in [0.1, 0.15) is 0 Å². The van der Waals surface area contributed by atoms with Crippen LogP contribution < -0.4 is 16.0 Å². The van der Waals surface area contributed by atoms with Crippen molar-refractivity contribution in [3.05, 3.63) is 35.9 Å². The lowest BCUT2D eigenvalue weighted by atomic mass is 10.2. The van der Waals surface area contributed by atoms with Crippen LogP contribution in [0.25, 0.3) is 0 Å². The summed E-state index contributed by atoms with van der Waals surface area (Å²) in [7, 11) is 0. The van der Waals surface area contributed by atoms with Gasteiger partial charge in [-0.25, -0.2) is 0 Å². The van der Waals surface area contributed by atoms with Crippen LogP contribution in [0.3, 0.4) is 0 Å². The van der Waals surface area contributed by atoms with Crippen LogP contribution >= 0.6 is 0 Å². The highest BCUT2D eigenvalue weighted by Crippen LogP contribution is 1.96. The fourth-order valence-electron chi connectivity index (χ4n) is 1.56. The lowest BCUT2D eigenvalue weighted by Crippen LogP contribution is -2.35. The van der Waals surface area contributed by atoms with Crippen molar-refractivity contribution < 1.29 is 4.79 Å². The first kappa shape index (κ1) is 14.7. The first-order valence-corrected chi connectivity index (χ1v) is 6.59.